The second-order valence-corrected chi connectivity index (χ2v) is 7.04. The van der Waals surface area contributed by atoms with Crippen LogP contribution in [-0.4, -0.2) is 6.54 Å². The molecule has 1 heterocycles. The molecule has 1 aromatic rings. The van der Waals surface area contributed by atoms with E-state index in [0.29, 0.717) is 6.04 Å². The molecule has 94 valence electrons. The number of fused-ring (bicyclic) bond motifs is 1. The lowest BCUT2D eigenvalue weighted by molar-refractivity contribution is 0.417. The van der Waals surface area contributed by atoms with Crippen LogP contribution in [-0.2, 0) is 0 Å². The maximum absolute atomic E-state index is 3.78. The molecule has 3 heteroatoms. The normalized spacial score (nSPS) is 32.5. The van der Waals surface area contributed by atoms with Gasteiger partial charge in [0.2, 0.25) is 0 Å². The Morgan fingerprint density at radius 2 is 2.18 bits per heavy atom. The van der Waals surface area contributed by atoms with Gasteiger partial charge in [-0.3, -0.25) is 0 Å². The van der Waals surface area contributed by atoms with Crippen molar-refractivity contribution < 1.29 is 0 Å². The molecule has 1 nitrogen and oxygen atoms in total. The van der Waals surface area contributed by atoms with Crippen LogP contribution in [0.5, 0.6) is 0 Å². The molecule has 3 atom stereocenters. The molecule has 0 aliphatic heterocycles. The van der Waals surface area contributed by atoms with Crippen molar-refractivity contribution in [1.29, 1.82) is 0 Å². The average molecular weight is 314 g/mol. The number of thiophene rings is 1. The Kier molecular flexibility index (Phi) is 3.60. The predicted molar refractivity (Wildman–Crippen MR) is 77.4 cm³/mol. The largest absolute Gasteiger partial charge is 0.310 e. The molecular formula is C14H20BrNS. The van der Waals surface area contributed by atoms with E-state index < -0.39 is 0 Å². The van der Waals surface area contributed by atoms with E-state index in [2.05, 4.69) is 38.9 Å². The van der Waals surface area contributed by atoms with Gasteiger partial charge in [0.15, 0.2) is 0 Å². The zero-order valence-corrected chi connectivity index (χ0v) is 12.7. The highest BCUT2D eigenvalue weighted by Crippen LogP contribution is 2.62. The molecule has 2 fully saturated rings. The number of halogens is 1. The number of rotatable bonds is 5. The molecular weight excluding hydrogens is 294 g/mol. The summed E-state index contributed by atoms with van der Waals surface area (Å²) in [6.45, 7) is 3.39. The van der Waals surface area contributed by atoms with Crippen molar-refractivity contribution in [2.24, 2.45) is 17.8 Å². The summed E-state index contributed by atoms with van der Waals surface area (Å²) in [6.07, 6.45) is 5.64. The fourth-order valence-electron chi connectivity index (χ4n) is 3.64. The van der Waals surface area contributed by atoms with Crippen LogP contribution in [0.1, 0.15) is 44.2 Å². The number of nitrogens with one attached hydrogen (secondary N) is 1. The summed E-state index contributed by atoms with van der Waals surface area (Å²) in [5.74, 6) is 2.97. The van der Waals surface area contributed by atoms with Crippen molar-refractivity contribution in [2.45, 2.75) is 38.6 Å². The third-order valence-corrected chi connectivity index (χ3v) is 6.20. The minimum Gasteiger partial charge on any atom is -0.310 e. The molecule has 3 unspecified atom stereocenters. The summed E-state index contributed by atoms with van der Waals surface area (Å²) in [6, 6.07) is 0.603. The average Bonchev–Trinajstić information content (AvgIpc) is 2.71. The Labute approximate surface area is 116 Å². The van der Waals surface area contributed by atoms with E-state index in [4.69, 9.17) is 0 Å². The maximum Gasteiger partial charge on any atom is 0.0373 e. The van der Waals surface area contributed by atoms with Gasteiger partial charge in [0, 0.05) is 15.9 Å². The molecule has 0 saturated heterocycles. The Hall–Kier alpha value is 0.140. The fourth-order valence-corrected chi connectivity index (χ4v) is 5.22. The zero-order valence-electron chi connectivity index (χ0n) is 10.3. The van der Waals surface area contributed by atoms with Gasteiger partial charge in [-0.2, -0.15) is 11.3 Å². The van der Waals surface area contributed by atoms with Crippen LogP contribution < -0.4 is 5.32 Å². The molecule has 2 aliphatic carbocycles. The quantitative estimate of drug-likeness (QED) is 0.838. The first kappa shape index (κ1) is 12.2. The summed E-state index contributed by atoms with van der Waals surface area (Å²) in [4.78, 5) is 0. The molecule has 17 heavy (non-hydrogen) atoms. The first-order valence-corrected chi connectivity index (χ1v) is 8.51. The van der Waals surface area contributed by atoms with Gasteiger partial charge in [-0.15, -0.1) is 0 Å². The molecule has 2 aliphatic rings. The SMILES string of the molecule is CCCNC(c1cscc1Br)C1C2CCCC21. The molecule has 0 amide bonds. The highest BCUT2D eigenvalue weighted by molar-refractivity contribution is 9.10. The molecule has 0 spiro atoms. The van der Waals surface area contributed by atoms with Crippen LogP contribution in [0.3, 0.4) is 0 Å². The van der Waals surface area contributed by atoms with Crippen LogP contribution in [0.25, 0.3) is 0 Å². The predicted octanol–water partition coefficient (Wildman–Crippen LogP) is 4.60. The lowest BCUT2D eigenvalue weighted by Crippen LogP contribution is -2.25. The Morgan fingerprint density at radius 1 is 1.41 bits per heavy atom. The van der Waals surface area contributed by atoms with Gasteiger partial charge < -0.3 is 5.32 Å². The smallest absolute Gasteiger partial charge is 0.0373 e. The first-order valence-electron chi connectivity index (χ1n) is 6.78. The van der Waals surface area contributed by atoms with Gasteiger partial charge in [0.25, 0.3) is 0 Å². The monoisotopic (exact) mass is 313 g/mol. The summed E-state index contributed by atoms with van der Waals surface area (Å²) in [5.41, 5.74) is 1.50. The lowest BCUT2D eigenvalue weighted by Gasteiger charge is -2.20. The Balaban J connectivity index is 1.76. The van der Waals surface area contributed by atoms with Gasteiger partial charge in [-0.1, -0.05) is 13.3 Å². The van der Waals surface area contributed by atoms with Crippen LogP contribution in [0, 0.1) is 17.8 Å². The lowest BCUT2D eigenvalue weighted by atomic mass is 9.99. The second kappa shape index (κ2) is 5.02. The van der Waals surface area contributed by atoms with E-state index in [1.165, 1.54) is 35.7 Å². The minimum atomic E-state index is 0.603. The van der Waals surface area contributed by atoms with E-state index in [0.717, 1.165) is 24.3 Å². The van der Waals surface area contributed by atoms with Crippen molar-refractivity contribution in [3.8, 4) is 0 Å². The molecule has 3 rings (SSSR count). The van der Waals surface area contributed by atoms with E-state index in [-0.39, 0.29) is 0 Å². The van der Waals surface area contributed by atoms with Gasteiger partial charge >= 0.3 is 0 Å². The van der Waals surface area contributed by atoms with Gasteiger partial charge in [-0.05, 0) is 70.4 Å². The zero-order chi connectivity index (χ0) is 11.8. The van der Waals surface area contributed by atoms with E-state index >= 15 is 0 Å². The first-order chi connectivity index (χ1) is 8.33. The van der Waals surface area contributed by atoms with Crippen molar-refractivity contribution >= 4 is 27.3 Å². The summed E-state index contributed by atoms with van der Waals surface area (Å²) < 4.78 is 1.31. The standard InChI is InChI=1S/C14H20BrNS/c1-2-6-16-14(11-7-17-8-12(11)15)13-9-4-3-5-10(9)13/h7-10,13-14,16H,2-6H2,1H3. The fraction of sp³-hybridized carbons (Fsp3) is 0.714. The summed E-state index contributed by atoms with van der Waals surface area (Å²) in [7, 11) is 0. The molecule has 0 radical (unpaired) electrons. The van der Waals surface area contributed by atoms with Gasteiger partial charge in [0.1, 0.15) is 0 Å². The second-order valence-electron chi connectivity index (χ2n) is 5.44. The summed E-state index contributed by atoms with van der Waals surface area (Å²) >= 11 is 5.52. The van der Waals surface area contributed by atoms with E-state index in [9.17, 15) is 0 Å². The van der Waals surface area contributed by atoms with Crippen molar-refractivity contribution in [2.75, 3.05) is 6.54 Å². The maximum atomic E-state index is 3.78. The molecule has 0 aromatic carbocycles. The van der Waals surface area contributed by atoms with Crippen LogP contribution in [0.4, 0.5) is 0 Å². The highest BCUT2D eigenvalue weighted by Gasteiger charge is 2.56. The minimum absolute atomic E-state index is 0.603. The van der Waals surface area contributed by atoms with Crippen LogP contribution in [0.2, 0.25) is 0 Å². The molecule has 0 bridgehead atoms. The van der Waals surface area contributed by atoms with Crippen molar-refractivity contribution in [3.63, 3.8) is 0 Å². The van der Waals surface area contributed by atoms with E-state index in [1.807, 2.05) is 11.3 Å². The van der Waals surface area contributed by atoms with E-state index in [1.54, 1.807) is 0 Å². The third-order valence-electron chi connectivity index (χ3n) is 4.45. The molecule has 2 saturated carbocycles. The van der Waals surface area contributed by atoms with Crippen molar-refractivity contribution in [1.82, 2.24) is 5.32 Å². The molecule has 1 aromatic heterocycles. The number of hydrogen-bond acceptors (Lipinski definition) is 2. The van der Waals surface area contributed by atoms with Gasteiger partial charge in [-0.25, -0.2) is 0 Å². The summed E-state index contributed by atoms with van der Waals surface area (Å²) in [5, 5.41) is 8.32. The Bertz CT molecular complexity index is 379. The van der Waals surface area contributed by atoms with Crippen molar-refractivity contribution in [3.05, 3.63) is 20.8 Å². The Morgan fingerprint density at radius 3 is 2.76 bits per heavy atom. The third kappa shape index (κ3) is 2.22. The van der Waals surface area contributed by atoms with Crippen LogP contribution in [0.15, 0.2) is 15.2 Å². The topological polar surface area (TPSA) is 12.0 Å². The van der Waals surface area contributed by atoms with Gasteiger partial charge in [0.05, 0.1) is 0 Å². The highest BCUT2D eigenvalue weighted by atomic mass is 79.9. The number of hydrogen-bond donors (Lipinski definition) is 1. The molecule has 1 N–H and O–H groups in total. The van der Waals surface area contributed by atoms with Crippen LogP contribution >= 0.6 is 27.3 Å².